The Morgan fingerprint density at radius 1 is 1.03 bits per heavy atom. The molecule has 3 heterocycles. The zero-order valence-corrected chi connectivity index (χ0v) is 19.0. The number of carbonyl (C=O) groups is 2. The third-order valence-corrected chi connectivity index (χ3v) is 6.28. The first-order chi connectivity index (χ1) is 16.6. The molecule has 7 nitrogen and oxygen atoms in total. The minimum absolute atomic E-state index is 0.0974. The highest BCUT2D eigenvalue weighted by atomic mass is 16.5. The quantitative estimate of drug-likeness (QED) is 0.583. The van der Waals surface area contributed by atoms with Gasteiger partial charge in [-0.2, -0.15) is 0 Å². The smallest absolute Gasteiger partial charge is 0.251 e. The number of nitrogens with zero attached hydrogens (tertiary/aromatic N) is 1. The zero-order valence-electron chi connectivity index (χ0n) is 19.0. The molecule has 174 valence electrons. The average Bonchev–Trinajstić information content (AvgIpc) is 3.40. The first-order valence-corrected chi connectivity index (χ1v) is 11.6. The van der Waals surface area contributed by atoms with E-state index in [-0.39, 0.29) is 24.0 Å². The molecule has 1 saturated heterocycles. The summed E-state index contributed by atoms with van der Waals surface area (Å²) in [6.07, 6.45) is 5.56. The Bertz CT molecular complexity index is 1220. The van der Waals surface area contributed by atoms with Gasteiger partial charge >= 0.3 is 0 Å². The second kappa shape index (κ2) is 9.65. The maximum Gasteiger partial charge on any atom is 0.251 e. The molecule has 0 bridgehead atoms. The van der Waals surface area contributed by atoms with Crippen LogP contribution in [0.2, 0.25) is 0 Å². The highest BCUT2D eigenvalue weighted by Gasteiger charge is 2.24. The number of ether oxygens (including phenoxy) is 2. The molecule has 34 heavy (non-hydrogen) atoms. The van der Waals surface area contributed by atoms with Crippen LogP contribution in [-0.2, 0) is 11.3 Å². The van der Waals surface area contributed by atoms with E-state index < -0.39 is 0 Å². The van der Waals surface area contributed by atoms with Crippen LogP contribution < -0.4 is 15.4 Å². The second-order valence-electron chi connectivity index (χ2n) is 8.66. The molecule has 2 unspecified atom stereocenters. The third kappa shape index (κ3) is 4.65. The fourth-order valence-corrected chi connectivity index (χ4v) is 4.43. The minimum atomic E-state index is -0.201. The largest absolute Gasteiger partial charge is 0.485 e. The molecule has 0 radical (unpaired) electrons. The summed E-state index contributed by atoms with van der Waals surface area (Å²) in [5, 5.41) is 5.87. The summed E-state index contributed by atoms with van der Waals surface area (Å²) in [6, 6.07) is 14.7. The van der Waals surface area contributed by atoms with E-state index >= 15 is 0 Å². The molecular weight excluding hydrogens is 430 g/mol. The van der Waals surface area contributed by atoms with Gasteiger partial charge in [-0.3, -0.25) is 14.6 Å². The predicted molar refractivity (Wildman–Crippen MR) is 128 cm³/mol. The number of fused-ring (bicyclic) bond motifs is 3. The monoisotopic (exact) mass is 457 g/mol. The Hall–Kier alpha value is -3.71. The molecule has 0 saturated carbocycles. The van der Waals surface area contributed by atoms with E-state index in [1.807, 2.05) is 37.4 Å². The number of hydrogen-bond donors (Lipinski definition) is 2. The molecule has 2 N–H and O–H groups in total. The molecule has 2 aliphatic heterocycles. The van der Waals surface area contributed by atoms with E-state index in [0.717, 1.165) is 41.7 Å². The summed E-state index contributed by atoms with van der Waals surface area (Å²) in [5.74, 6) is 0.344. The third-order valence-electron chi connectivity index (χ3n) is 6.28. The number of pyridine rings is 1. The van der Waals surface area contributed by atoms with E-state index in [9.17, 15) is 9.59 Å². The second-order valence-corrected chi connectivity index (χ2v) is 8.66. The van der Waals surface area contributed by atoms with Crippen LogP contribution in [0.1, 0.15) is 57.7 Å². The lowest BCUT2D eigenvalue weighted by atomic mass is 9.94. The highest BCUT2D eigenvalue weighted by molar-refractivity contribution is 5.96. The molecule has 1 fully saturated rings. The van der Waals surface area contributed by atoms with Crippen LogP contribution >= 0.6 is 0 Å². The number of aromatic nitrogens is 1. The van der Waals surface area contributed by atoms with Crippen molar-refractivity contribution in [1.82, 2.24) is 15.6 Å². The van der Waals surface area contributed by atoms with Crippen LogP contribution in [0.4, 0.5) is 0 Å². The summed E-state index contributed by atoms with van der Waals surface area (Å²) < 4.78 is 11.6. The maximum atomic E-state index is 12.8. The number of carbonyl (C=O) groups excluding carboxylic acids is 2. The van der Waals surface area contributed by atoms with Crippen LogP contribution in [0.15, 0.2) is 60.9 Å². The summed E-state index contributed by atoms with van der Waals surface area (Å²) in [7, 11) is 0. The SMILES string of the molecule is CC1Oc2cc(C(=O)NCc3cccc(C(=O)NCC4CCCO4)c3)ccc2-c2ccncc21. The summed E-state index contributed by atoms with van der Waals surface area (Å²) in [4.78, 5) is 29.5. The van der Waals surface area contributed by atoms with E-state index in [1.165, 1.54) is 0 Å². The predicted octanol–water partition coefficient (Wildman–Crippen LogP) is 4.04. The van der Waals surface area contributed by atoms with Gasteiger partial charge in [0.05, 0.1) is 6.10 Å². The van der Waals surface area contributed by atoms with Crippen molar-refractivity contribution in [3.8, 4) is 16.9 Å². The van der Waals surface area contributed by atoms with Gasteiger partial charge in [-0.15, -0.1) is 0 Å². The Balaban J connectivity index is 1.22. The molecule has 0 spiro atoms. The van der Waals surface area contributed by atoms with Gasteiger partial charge in [-0.05, 0) is 67.3 Å². The van der Waals surface area contributed by atoms with Gasteiger partial charge in [0.2, 0.25) is 0 Å². The van der Waals surface area contributed by atoms with Crippen LogP contribution in [-0.4, -0.2) is 36.1 Å². The van der Waals surface area contributed by atoms with E-state index in [1.54, 1.807) is 30.5 Å². The lowest BCUT2D eigenvalue weighted by Gasteiger charge is -2.26. The van der Waals surface area contributed by atoms with Crippen LogP contribution in [0, 0.1) is 0 Å². The van der Waals surface area contributed by atoms with Crippen molar-refractivity contribution in [3.63, 3.8) is 0 Å². The lowest BCUT2D eigenvalue weighted by molar-refractivity contribution is 0.0857. The van der Waals surface area contributed by atoms with Gasteiger partial charge in [0.1, 0.15) is 11.9 Å². The van der Waals surface area contributed by atoms with Gasteiger partial charge in [-0.1, -0.05) is 12.1 Å². The molecule has 2 atom stereocenters. The molecule has 3 aromatic rings. The number of rotatable bonds is 6. The Kier molecular flexibility index (Phi) is 6.27. The standard InChI is InChI=1S/C27H27N3O4/c1-17-24-16-28-10-9-22(24)23-8-7-20(13-25(23)34-17)27(32)29-14-18-4-2-5-19(12-18)26(31)30-15-21-6-3-11-33-21/h2,4-5,7-10,12-13,16-17,21H,3,6,11,14-15H2,1H3,(H,29,32)(H,30,31). The molecule has 7 heteroatoms. The fourth-order valence-electron chi connectivity index (χ4n) is 4.43. The maximum absolute atomic E-state index is 12.8. The van der Waals surface area contributed by atoms with Crippen molar-refractivity contribution in [2.75, 3.05) is 13.2 Å². The van der Waals surface area contributed by atoms with Gasteiger partial charge < -0.3 is 20.1 Å². The van der Waals surface area contributed by atoms with E-state index in [4.69, 9.17) is 9.47 Å². The van der Waals surface area contributed by atoms with Crippen molar-refractivity contribution in [2.24, 2.45) is 0 Å². The molecule has 2 aromatic carbocycles. The Morgan fingerprint density at radius 3 is 2.74 bits per heavy atom. The van der Waals surface area contributed by atoms with Crippen LogP contribution in [0.3, 0.4) is 0 Å². The average molecular weight is 458 g/mol. The molecule has 1 aromatic heterocycles. The van der Waals surface area contributed by atoms with Crippen molar-refractivity contribution < 1.29 is 19.1 Å². The molecule has 2 amide bonds. The van der Waals surface area contributed by atoms with Gasteiger partial charge in [0, 0.05) is 54.3 Å². The minimum Gasteiger partial charge on any atom is -0.485 e. The zero-order chi connectivity index (χ0) is 23.5. The number of amides is 2. The molecule has 0 aliphatic carbocycles. The number of hydrogen-bond acceptors (Lipinski definition) is 5. The van der Waals surface area contributed by atoms with Crippen molar-refractivity contribution in [3.05, 3.63) is 83.2 Å². The van der Waals surface area contributed by atoms with E-state index in [0.29, 0.717) is 30.0 Å². The van der Waals surface area contributed by atoms with Gasteiger partial charge in [-0.25, -0.2) is 0 Å². The Morgan fingerprint density at radius 2 is 1.88 bits per heavy atom. The van der Waals surface area contributed by atoms with Gasteiger partial charge in [0.15, 0.2) is 0 Å². The summed E-state index contributed by atoms with van der Waals surface area (Å²) in [6.45, 7) is 3.56. The first kappa shape index (κ1) is 22.1. The highest BCUT2D eigenvalue weighted by Crippen LogP contribution is 2.42. The van der Waals surface area contributed by atoms with Crippen molar-refractivity contribution >= 4 is 11.8 Å². The number of benzene rings is 2. The van der Waals surface area contributed by atoms with Crippen molar-refractivity contribution in [1.29, 1.82) is 0 Å². The number of nitrogens with one attached hydrogen (secondary N) is 2. The normalized spacial score (nSPS) is 18.4. The van der Waals surface area contributed by atoms with Crippen molar-refractivity contribution in [2.45, 2.75) is 38.5 Å². The van der Waals surface area contributed by atoms with E-state index in [2.05, 4.69) is 15.6 Å². The van der Waals surface area contributed by atoms with Gasteiger partial charge in [0.25, 0.3) is 11.8 Å². The molecule has 2 aliphatic rings. The summed E-state index contributed by atoms with van der Waals surface area (Å²) in [5.41, 5.74) is 5.00. The van der Waals surface area contributed by atoms with Crippen LogP contribution in [0.25, 0.3) is 11.1 Å². The fraction of sp³-hybridized carbons (Fsp3) is 0.296. The molecular formula is C27H27N3O4. The Labute approximate surface area is 198 Å². The topological polar surface area (TPSA) is 89.5 Å². The summed E-state index contributed by atoms with van der Waals surface area (Å²) >= 11 is 0. The van der Waals surface area contributed by atoms with Crippen LogP contribution in [0.5, 0.6) is 5.75 Å². The first-order valence-electron chi connectivity index (χ1n) is 11.6. The lowest BCUT2D eigenvalue weighted by Crippen LogP contribution is -2.31. The molecule has 5 rings (SSSR count).